The third-order valence-corrected chi connectivity index (χ3v) is 1.86. The largest absolute Gasteiger partial charge is 0.508 e. The fraction of sp³-hybridized carbons (Fsp3) is 0.100. The molecule has 0 fully saturated rings. The number of benzene rings is 1. The molecule has 0 aliphatic rings. The van der Waals surface area contributed by atoms with Crippen molar-refractivity contribution in [3.05, 3.63) is 47.8 Å². The van der Waals surface area contributed by atoms with Gasteiger partial charge in [0.2, 0.25) is 0 Å². The van der Waals surface area contributed by atoms with Crippen molar-refractivity contribution in [2.45, 2.75) is 6.42 Å². The molecule has 3 heteroatoms. The molecule has 0 spiro atoms. The minimum absolute atomic E-state index is 0.303. The van der Waals surface area contributed by atoms with Gasteiger partial charge in [0, 0.05) is 18.3 Å². The smallest absolute Gasteiger partial charge is 0.115 e. The first-order chi connectivity index (χ1) is 6.34. The number of phenolic OH excluding ortho intramolecular Hbond substituents is 1. The summed E-state index contributed by atoms with van der Waals surface area (Å²) in [6.07, 6.45) is 2.49. The van der Waals surface area contributed by atoms with Crippen LogP contribution in [0.25, 0.3) is 0 Å². The number of phenols is 1. The lowest BCUT2D eigenvalue weighted by Gasteiger charge is -1.98. The number of aromatic hydroxyl groups is 1. The van der Waals surface area contributed by atoms with E-state index in [0.29, 0.717) is 5.75 Å². The van der Waals surface area contributed by atoms with Crippen LogP contribution in [-0.4, -0.2) is 15.3 Å². The fourth-order valence-electron chi connectivity index (χ4n) is 1.27. The van der Waals surface area contributed by atoms with Crippen molar-refractivity contribution in [2.24, 2.45) is 0 Å². The maximum Gasteiger partial charge on any atom is 0.115 e. The lowest BCUT2D eigenvalue weighted by atomic mass is 10.1. The Bertz CT molecular complexity index is 382. The van der Waals surface area contributed by atoms with E-state index in [1.807, 2.05) is 18.2 Å². The second-order valence-electron chi connectivity index (χ2n) is 2.93. The van der Waals surface area contributed by atoms with E-state index in [2.05, 4.69) is 10.2 Å². The molecular formula is C10H10N2O. The summed E-state index contributed by atoms with van der Waals surface area (Å²) in [4.78, 5) is 0. The molecule has 0 bridgehead atoms. The van der Waals surface area contributed by atoms with Crippen LogP contribution in [0.4, 0.5) is 0 Å². The number of rotatable bonds is 2. The van der Waals surface area contributed by atoms with Gasteiger partial charge in [-0.3, -0.25) is 5.10 Å². The van der Waals surface area contributed by atoms with Gasteiger partial charge in [0.1, 0.15) is 5.75 Å². The minimum atomic E-state index is 0.303. The van der Waals surface area contributed by atoms with Crippen molar-refractivity contribution in [1.29, 1.82) is 0 Å². The molecule has 0 unspecified atom stereocenters. The van der Waals surface area contributed by atoms with E-state index in [-0.39, 0.29) is 0 Å². The van der Waals surface area contributed by atoms with Crippen molar-refractivity contribution in [1.82, 2.24) is 10.2 Å². The number of aromatic nitrogens is 2. The van der Waals surface area contributed by atoms with Crippen molar-refractivity contribution in [2.75, 3.05) is 0 Å². The Morgan fingerprint density at radius 1 is 1.31 bits per heavy atom. The lowest BCUT2D eigenvalue weighted by molar-refractivity contribution is 0.474. The predicted molar refractivity (Wildman–Crippen MR) is 49.5 cm³/mol. The maximum atomic E-state index is 9.22. The average Bonchev–Trinajstić information content (AvgIpc) is 2.57. The van der Waals surface area contributed by atoms with E-state index >= 15 is 0 Å². The van der Waals surface area contributed by atoms with Gasteiger partial charge in [0.25, 0.3) is 0 Å². The molecule has 2 N–H and O–H groups in total. The fourth-order valence-corrected chi connectivity index (χ4v) is 1.27. The molecule has 13 heavy (non-hydrogen) atoms. The molecule has 1 aromatic carbocycles. The Morgan fingerprint density at radius 3 is 2.92 bits per heavy atom. The van der Waals surface area contributed by atoms with Gasteiger partial charge in [0.05, 0.1) is 0 Å². The third kappa shape index (κ3) is 1.87. The average molecular weight is 174 g/mol. The van der Waals surface area contributed by atoms with Crippen LogP contribution in [0.1, 0.15) is 11.3 Å². The monoisotopic (exact) mass is 174 g/mol. The van der Waals surface area contributed by atoms with Crippen LogP contribution in [0.2, 0.25) is 0 Å². The number of hydrogen-bond donors (Lipinski definition) is 2. The van der Waals surface area contributed by atoms with Gasteiger partial charge in [-0.05, 0) is 23.8 Å². The highest BCUT2D eigenvalue weighted by Crippen LogP contribution is 2.13. The SMILES string of the molecule is Oc1cccc(Cc2ccn[nH]2)c1. The van der Waals surface area contributed by atoms with Crippen LogP contribution in [-0.2, 0) is 6.42 Å². The Labute approximate surface area is 76.0 Å². The second kappa shape index (κ2) is 3.31. The molecule has 2 rings (SSSR count). The zero-order chi connectivity index (χ0) is 9.10. The van der Waals surface area contributed by atoms with Crippen LogP contribution < -0.4 is 0 Å². The van der Waals surface area contributed by atoms with Crippen molar-refractivity contribution in [3.8, 4) is 5.75 Å². The maximum absolute atomic E-state index is 9.22. The molecule has 0 saturated heterocycles. The molecular weight excluding hydrogens is 164 g/mol. The van der Waals surface area contributed by atoms with E-state index in [1.54, 1.807) is 18.3 Å². The molecule has 0 aliphatic heterocycles. The van der Waals surface area contributed by atoms with Crippen molar-refractivity contribution >= 4 is 0 Å². The zero-order valence-electron chi connectivity index (χ0n) is 7.07. The van der Waals surface area contributed by atoms with Gasteiger partial charge in [-0.15, -0.1) is 0 Å². The van der Waals surface area contributed by atoms with Crippen LogP contribution in [0.3, 0.4) is 0 Å². The summed E-state index contributed by atoms with van der Waals surface area (Å²) in [5.41, 5.74) is 2.12. The van der Waals surface area contributed by atoms with E-state index in [9.17, 15) is 5.11 Å². The second-order valence-corrected chi connectivity index (χ2v) is 2.93. The number of nitrogens with one attached hydrogen (secondary N) is 1. The quantitative estimate of drug-likeness (QED) is 0.728. The first-order valence-electron chi connectivity index (χ1n) is 4.11. The molecule has 0 aliphatic carbocycles. The standard InChI is InChI=1S/C10H10N2O/c13-10-3-1-2-8(7-10)6-9-4-5-11-12-9/h1-5,7,13H,6H2,(H,11,12). The number of H-pyrrole nitrogens is 1. The first-order valence-corrected chi connectivity index (χ1v) is 4.11. The molecule has 0 saturated carbocycles. The molecule has 1 aromatic heterocycles. The molecule has 66 valence electrons. The van der Waals surface area contributed by atoms with E-state index in [0.717, 1.165) is 17.7 Å². The third-order valence-electron chi connectivity index (χ3n) is 1.86. The van der Waals surface area contributed by atoms with Gasteiger partial charge in [-0.25, -0.2) is 0 Å². The van der Waals surface area contributed by atoms with Gasteiger partial charge in [-0.1, -0.05) is 12.1 Å². The summed E-state index contributed by atoms with van der Waals surface area (Å²) >= 11 is 0. The highest BCUT2D eigenvalue weighted by molar-refractivity contribution is 5.29. The summed E-state index contributed by atoms with van der Waals surface area (Å²) in [5, 5.41) is 15.9. The van der Waals surface area contributed by atoms with E-state index in [4.69, 9.17) is 0 Å². The summed E-state index contributed by atoms with van der Waals surface area (Å²) in [6.45, 7) is 0. The van der Waals surface area contributed by atoms with Gasteiger partial charge >= 0.3 is 0 Å². The van der Waals surface area contributed by atoms with Gasteiger partial charge in [0.15, 0.2) is 0 Å². The molecule has 0 radical (unpaired) electrons. The zero-order valence-corrected chi connectivity index (χ0v) is 7.07. The van der Waals surface area contributed by atoms with Crippen LogP contribution in [0.5, 0.6) is 5.75 Å². The van der Waals surface area contributed by atoms with Gasteiger partial charge in [-0.2, -0.15) is 5.10 Å². The number of hydrogen-bond acceptors (Lipinski definition) is 2. The van der Waals surface area contributed by atoms with E-state index in [1.165, 1.54) is 0 Å². The minimum Gasteiger partial charge on any atom is -0.508 e. The molecule has 0 atom stereocenters. The Balaban J connectivity index is 2.19. The Hall–Kier alpha value is -1.77. The van der Waals surface area contributed by atoms with Gasteiger partial charge < -0.3 is 5.11 Å². The van der Waals surface area contributed by atoms with Crippen LogP contribution in [0, 0.1) is 0 Å². The van der Waals surface area contributed by atoms with Crippen LogP contribution in [0.15, 0.2) is 36.5 Å². The normalized spacial score (nSPS) is 10.2. The molecule has 0 amide bonds. The van der Waals surface area contributed by atoms with E-state index < -0.39 is 0 Å². The van der Waals surface area contributed by atoms with Crippen LogP contribution >= 0.6 is 0 Å². The first kappa shape index (κ1) is 7.86. The molecule has 2 aromatic rings. The topological polar surface area (TPSA) is 48.9 Å². The summed E-state index contributed by atoms with van der Waals surface area (Å²) < 4.78 is 0. The van der Waals surface area contributed by atoms with Crippen molar-refractivity contribution < 1.29 is 5.11 Å². The predicted octanol–water partition coefficient (Wildman–Crippen LogP) is 1.71. The molecule has 3 nitrogen and oxygen atoms in total. The highest BCUT2D eigenvalue weighted by atomic mass is 16.3. The number of aromatic amines is 1. The summed E-state index contributed by atoms with van der Waals surface area (Å²) in [5.74, 6) is 0.303. The van der Waals surface area contributed by atoms with Crippen molar-refractivity contribution in [3.63, 3.8) is 0 Å². The highest BCUT2D eigenvalue weighted by Gasteiger charge is 1.97. The molecule has 1 heterocycles. The lowest BCUT2D eigenvalue weighted by Crippen LogP contribution is -1.87. The number of nitrogens with zero attached hydrogens (tertiary/aromatic N) is 1. The Kier molecular flexibility index (Phi) is 2.00. The Morgan fingerprint density at radius 2 is 2.23 bits per heavy atom. The summed E-state index contributed by atoms with van der Waals surface area (Å²) in [6, 6.07) is 9.14. The summed E-state index contributed by atoms with van der Waals surface area (Å²) in [7, 11) is 0.